The smallest absolute Gasteiger partial charge is 0.247 e. The lowest BCUT2D eigenvalue weighted by Gasteiger charge is -2.32. The normalized spacial score (nSPS) is 12.4. The van der Waals surface area contributed by atoms with Gasteiger partial charge in [0.15, 0.2) is 0 Å². The van der Waals surface area contributed by atoms with Crippen molar-refractivity contribution in [2.24, 2.45) is 0 Å². The zero-order chi connectivity index (χ0) is 22.9. The lowest BCUT2D eigenvalue weighted by Crippen LogP contribution is -2.47. The van der Waals surface area contributed by atoms with Gasteiger partial charge >= 0.3 is 0 Å². The van der Waals surface area contributed by atoms with Crippen molar-refractivity contribution in [3.63, 3.8) is 0 Å². The van der Waals surface area contributed by atoms with Gasteiger partial charge in [0.25, 0.3) is 0 Å². The number of carbonyl (C=O) groups is 2. The second-order valence-electron chi connectivity index (χ2n) is 7.21. The molecular weight excluding hydrogens is 418 g/mol. The molecule has 2 aromatic carbocycles. The Morgan fingerprint density at radius 3 is 2.16 bits per heavy atom. The number of amides is 2. The number of aliphatic hydroxyl groups is 1. The Bertz CT molecular complexity index is 952. The topological polar surface area (TPSA) is 107 Å². The summed E-state index contributed by atoms with van der Waals surface area (Å²) in [6.45, 7) is -0.0689. The highest BCUT2D eigenvalue weighted by Crippen LogP contribution is 2.24. The maximum absolute atomic E-state index is 13.3. The van der Waals surface area contributed by atoms with Crippen LogP contribution in [0.1, 0.15) is 23.6 Å². The Balaban J connectivity index is 2.43. The standard InChI is InChI=1S/C22H29N3O5S/c1-24(31(2,29)30)17-20(27)25(16-18-10-5-3-6-11-18)21(19-12-7-4-8-13-19)22(28)23-14-9-15-26/h3-8,10-13,21,26H,9,14-17H2,1-2H3,(H,23,28)/t21-/m0/s1. The van der Waals surface area contributed by atoms with Gasteiger partial charge in [0.1, 0.15) is 6.04 Å². The fourth-order valence-corrected chi connectivity index (χ4v) is 3.34. The molecule has 0 aliphatic carbocycles. The van der Waals surface area contributed by atoms with E-state index in [4.69, 9.17) is 5.11 Å². The Morgan fingerprint density at radius 1 is 1.03 bits per heavy atom. The maximum atomic E-state index is 13.3. The number of nitrogens with zero attached hydrogens (tertiary/aromatic N) is 2. The maximum Gasteiger partial charge on any atom is 0.247 e. The van der Waals surface area contributed by atoms with Crippen molar-refractivity contribution < 1.29 is 23.1 Å². The van der Waals surface area contributed by atoms with E-state index in [1.54, 1.807) is 24.3 Å². The van der Waals surface area contributed by atoms with Crippen molar-refractivity contribution in [1.82, 2.24) is 14.5 Å². The third-order valence-electron chi connectivity index (χ3n) is 4.75. The minimum absolute atomic E-state index is 0.0674. The molecule has 0 aliphatic heterocycles. The van der Waals surface area contributed by atoms with E-state index in [1.807, 2.05) is 36.4 Å². The van der Waals surface area contributed by atoms with Crippen molar-refractivity contribution >= 4 is 21.8 Å². The fraction of sp³-hybridized carbons (Fsp3) is 0.364. The molecule has 0 aliphatic rings. The van der Waals surface area contributed by atoms with Crippen molar-refractivity contribution in [2.45, 2.75) is 19.0 Å². The van der Waals surface area contributed by atoms with Crippen LogP contribution in [-0.4, -0.2) is 67.5 Å². The van der Waals surface area contributed by atoms with Crippen LogP contribution in [0.3, 0.4) is 0 Å². The van der Waals surface area contributed by atoms with Crippen LogP contribution < -0.4 is 5.32 Å². The van der Waals surface area contributed by atoms with Crippen LogP contribution in [0, 0.1) is 0 Å². The molecule has 2 N–H and O–H groups in total. The molecule has 0 aromatic heterocycles. The van der Waals surface area contributed by atoms with E-state index in [2.05, 4.69) is 5.32 Å². The molecule has 0 radical (unpaired) electrons. The average Bonchev–Trinajstić information content (AvgIpc) is 2.74. The summed E-state index contributed by atoms with van der Waals surface area (Å²) in [5.41, 5.74) is 1.41. The molecule has 9 heteroatoms. The predicted octanol–water partition coefficient (Wildman–Crippen LogP) is 1.15. The average molecular weight is 448 g/mol. The van der Waals surface area contributed by atoms with Crippen LogP contribution in [-0.2, 0) is 26.2 Å². The van der Waals surface area contributed by atoms with Crippen LogP contribution in [0.25, 0.3) is 0 Å². The van der Waals surface area contributed by atoms with Crippen LogP contribution in [0.4, 0.5) is 0 Å². The quantitative estimate of drug-likeness (QED) is 0.503. The van der Waals surface area contributed by atoms with E-state index in [0.29, 0.717) is 12.0 Å². The first-order valence-electron chi connectivity index (χ1n) is 9.92. The lowest BCUT2D eigenvalue weighted by molar-refractivity contribution is -0.141. The second-order valence-corrected chi connectivity index (χ2v) is 9.30. The van der Waals surface area contributed by atoms with Gasteiger partial charge in [0, 0.05) is 26.7 Å². The Labute approximate surface area is 183 Å². The molecule has 2 aromatic rings. The fourth-order valence-electron chi connectivity index (χ4n) is 3.00. The Morgan fingerprint density at radius 2 is 1.61 bits per heavy atom. The molecule has 2 rings (SSSR count). The van der Waals surface area contributed by atoms with Gasteiger partial charge in [-0.05, 0) is 17.5 Å². The van der Waals surface area contributed by atoms with Crippen molar-refractivity contribution in [2.75, 3.05) is 33.0 Å². The highest BCUT2D eigenvalue weighted by Gasteiger charge is 2.32. The molecule has 2 amide bonds. The minimum atomic E-state index is -3.57. The van der Waals surface area contributed by atoms with Gasteiger partial charge in [-0.3, -0.25) is 9.59 Å². The third kappa shape index (κ3) is 7.46. The number of hydrogen-bond donors (Lipinski definition) is 2. The van der Waals surface area contributed by atoms with Crippen molar-refractivity contribution in [1.29, 1.82) is 0 Å². The SMILES string of the molecule is CN(CC(=O)N(Cc1ccccc1)[C@H](C(=O)NCCCO)c1ccccc1)S(C)(=O)=O. The number of aliphatic hydroxyl groups excluding tert-OH is 1. The molecule has 0 unspecified atom stereocenters. The largest absolute Gasteiger partial charge is 0.396 e. The van der Waals surface area contributed by atoms with Gasteiger partial charge in [-0.15, -0.1) is 0 Å². The highest BCUT2D eigenvalue weighted by molar-refractivity contribution is 7.88. The molecule has 0 saturated heterocycles. The zero-order valence-electron chi connectivity index (χ0n) is 17.8. The van der Waals surface area contributed by atoms with Crippen LogP contribution >= 0.6 is 0 Å². The summed E-state index contributed by atoms with van der Waals surface area (Å²) in [4.78, 5) is 27.8. The zero-order valence-corrected chi connectivity index (χ0v) is 18.6. The summed E-state index contributed by atoms with van der Waals surface area (Å²) in [5.74, 6) is -0.895. The van der Waals surface area contributed by atoms with Crippen LogP contribution in [0.2, 0.25) is 0 Å². The lowest BCUT2D eigenvalue weighted by atomic mass is 10.0. The molecule has 31 heavy (non-hydrogen) atoms. The molecule has 8 nitrogen and oxygen atoms in total. The van der Waals surface area contributed by atoms with Crippen LogP contribution in [0.15, 0.2) is 60.7 Å². The van der Waals surface area contributed by atoms with Crippen molar-refractivity contribution in [3.05, 3.63) is 71.8 Å². The number of benzene rings is 2. The third-order valence-corrected chi connectivity index (χ3v) is 6.01. The predicted molar refractivity (Wildman–Crippen MR) is 118 cm³/mol. The van der Waals surface area contributed by atoms with Crippen LogP contribution in [0.5, 0.6) is 0 Å². The monoisotopic (exact) mass is 447 g/mol. The first-order chi connectivity index (χ1) is 14.7. The minimum Gasteiger partial charge on any atom is -0.396 e. The Kier molecular flexibility index (Phi) is 9.17. The summed E-state index contributed by atoms with van der Waals surface area (Å²) in [6.07, 6.45) is 1.41. The van der Waals surface area contributed by atoms with Gasteiger partial charge in [-0.25, -0.2) is 8.42 Å². The molecule has 0 spiro atoms. The molecule has 0 heterocycles. The van der Waals surface area contributed by atoms with Gasteiger partial charge < -0.3 is 15.3 Å². The summed E-state index contributed by atoms with van der Waals surface area (Å²) < 4.78 is 24.7. The Hall–Kier alpha value is -2.75. The van der Waals surface area contributed by atoms with E-state index >= 15 is 0 Å². The van der Waals surface area contributed by atoms with E-state index in [-0.39, 0.29) is 26.2 Å². The van der Waals surface area contributed by atoms with Crippen molar-refractivity contribution in [3.8, 4) is 0 Å². The molecule has 0 bridgehead atoms. The number of hydrogen-bond acceptors (Lipinski definition) is 5. The molecule has 168 valence electrons. The molecule has 0 fully saturated rings. The first kappa shape index (κ1) is 24.5. The summed E-state index contributed by atoms with van der Waals surface area (Å²) in [5, 5.41) is 11.8. The van der Waals surface area contributed by atoms with Gasteiger partial charge in [-0.2, -0.15) is 4.31 Å². The number of sulfonamides is 1. The highest BCUT2D eigenvalue weighted by atomic mass is 32.2. The van der Waals surface area contributed by atoms with E-state index in [9.17, 15) is 18.0 Å². The van der Waals surface area contributed by atoms with E-state index in [0.717, 1.165) is 16.1 Å². The van der Waals surface area contributed by atoms with Gasteiger partial charge in [0.2, 0.25) is 21.8 Å². The number of carbonyl (C=O) groups excluding carboxylic acids is 2. The van der Waals surface area contributed by atoms with E-state index < -0.39 is 27.9 Å². The summed E-state index contributed by atoms with van der Waals surface area (Å²) >= 11 is 0. The second kappa shape index (κ2) is 11.6. The first-order valence-corrected chi connectivity index (χ1v) is 11.8. The van der Waals surface area contributed by atoms with Gasteiger partial charge in [0.05, 0.1) is 12.8 Å². The molecule has 1 atom stereocenters. The van der Waals surface area contributed by atoms with E-state index in [1.165, 1.54) is 11.9 Å². The summed E-state index contributed by atoms with van der Waals surface area (Å²) in [6, 6.07) is 17.1. The summed E-state index contributed by atoms with van der Waals surface area (Å²) in [7, 11) is -2.25. The molecular formula is C22H29N3O5S. The number of nitrogens with one attached hydrogen (secondary N) is 1. The number of likely N-dealkylation sites (N-methyl/N-ethyl adjacent to an activating group) is 1. The molecule has 0 saturated carbocycles. The number of rotatable bonds is 11. The van der Waals surface area contributed by atoms with Gasteiger partial charge in [-0.1, -0.05) is 60.7 Å².